The fraction of sp³-hybridized carbons (Fsp3) is 0.909. The van der Waals surface area contributed by atoms with Crippen LogP contribution in [0, 0.1) is 0 Å². The zero-order valence-electron chi connectivity index (χ0n) is 9.24. The summed E-state index contributed by atoms with van der Waals surface area (Å²) in [5, 5.41) is 0. The molecule has 1 saturated carbocycles. The highest BCUT2D eigenvalue weighted by Gasteiger charge is 2.26. The zero-order valence-corrected chi connectivity index (χ0v) is 9.24. The normalized spacial score (nSPS) is 25.5. The van der Waals surface area contributed by atoms with Crippen LogP contribution in [0.4, 0.5) is 4.79 Å². The number of carbonyl (C=O) groups is 1. The Morgan fingerprint density at radius 3 is 2.13 bits per heavy atom. The Labute approximate surface area is 91.4 Å². The number of hydrogen-bond acceptors (Lipinski definition) is 2. The lowest BCUT2D eigenvalue weighted by atomic mass is 9.94. The Bertz CT molecular complexity index is 218. The van der Waals surface area contributed by atoms with Crippen LogP contribution in [0.2, 0.25) is 0 Å². The van der Waals surface area contributed by atoms with E-state index in [1.165, 1.54) is 32.1 Å². The monoisotopic (exact) mass is 210 g/mol. The molecule has 0 aromatic carbocycles. The smallest absolute Gasteiger partial charge is 0.321 e. The summed E-state index contributed by atoms with van der Waals surface area (Å²) in [7, 11) is 0. The third-order valence-corrected chi connectivity index (χ3v) is 3.69. The minimum atomic E-state index is -0.515. The molecule has 4 nitrogen and oxygen atoms in total. The van der Waals surface area contributed by atoms with Crippen LogP contribution in [0.1, 0.15) is 32.1 Å². The van der Waals surface area contributed by atoms with Crippen molar-refractivity contribution in [1.82, 2.24) is 15.5 Å². The third kappa shape index (κ3) is 2.62. The first-order valence-electron chi connectivity index (χ1n) is 6.02. The molecule has 2 fully saturated rings. The van der Waals surface area contributed by atoms with Gasteiger partial charge >= 0.3 is 6.03 Å². The van der Waals surface area contributed by atoms with Gasteiger partial charge < -0.3 is 4.90 Å². The lowest BCUT2D eigenvalue weighted by Crippen LogP contribution is -2.52. The molecule has 2 aliphatic rings. The summed E-state index contributed by atoms with van der Waals surface area (Å²) in [5.74, 6) is 0. The van der Waals surface area contributed by atoms with Gasteiger partial charge in [0.2, 0.25) is 0 Å². The Balaban J connectivity index is 1.79. The number of amides is 2. The van der Waals surface area contributed by atoms with E-state index in [2.05, 4.69) is 4.90 Å². The summed E-state index contributed by atoms with van der Waals surface area (Å²) in [6.07, 6.45) is 6.77. The molecule has 1 saturated heterocycles. The highest BCUT2D eigenvalue weighted by atomic mass is 16.2. The van der Waals surface area contributed by atoms with Gasteiger partial charge in [0.1, 0.15) is 0 Å². The van der Waals surface area contributed by atoms with Gasteiger partial charge in [0.15, 0.2) is 0 Å². The van der Waals surface area contributed by atoms with Crippen LogP contribution in [0.15, 0.2) is 0 Å². The molecule has 0 aromatic heterocycles. The lowest BCUT2D eigenvalue weighted by Gasteiger charge is -2.40. The first-order chi connectivity index (χ1) is 7.27. The predicted molar refractivity (Wildman–Crippen MR) is 58.5 cm³/mol. The van der Waals surface area contributed by atoms with E-state index in [4.69, 9.17) is 5.73 Å². The van der Waals surface area contributed by atoms with E-state index in [1.807, 2.05) is 0 Å². The highest BCUT2D eigenvalue weighted by Crippen LogP contribution is 2.23. The number of urea groups is 1. The van der Waals surface area contributed by atoms with Gasteiger partial charge in [0, 0.05) is 32.2 Å². The number of hydrogen-bond donors (Lipinski definition) is 0. The van der Waals surface area contributed by atoms with Crippen molar-refractivity contribution in [3.8, 4) is 0 Å². The molecule has 0 spiro atoms. The van der Waals surface area contributed by atoms with Crippen molar-refractivity contribution < 1.29 is 4.79 Å². The molecule has 0 bridgehead atoms. The van der Waals surface area contributed by atoms with Crippen LogP contribution in [0.5, 0.6) is 0 Å². The Morgan fingerprint density at radius 2 is 1.60 bits per heavy atom. The minimum absolute atomic E-state index is 0.515. The first kappa shape index (κ1) is 10.7. The van der Waals surface area contributed by atoms with E-state index in [1.54, 1.807) is 4.90 Å². The second-order valence-corrected chi connectivity index (χ2v) is 4.62. The number of carbonyl (C=O) groups excluding carboxylic acids is 1. The molecule has 1 heterocycles. The minimum Gasteiger partial charge on any atom is -0.321 e. The molecule has 0 unspecified atom stereocenters. The summed E-state index contributed by atoms with van der Waals surface area (Å²) in [6, 6.07) is 0.236. The van der Waals surface area contributed by atoms with E-state index in [0.717, 1.165) is 32.2 Å². The Hall–Kier alpha value is -0.770. The number of nitrogens with zero attached hydrogens (tertiary/aromatic N) is 2. The molecule has 0 aromatic rings. The highest BCUT2D eigenvalue weighted by molar-refractivity contribution is 5.71. The molecule has 1 aliphatic carbocycles. The molecule has 0 atom stereocenters. The van der Waals surface area contributed by atoms with Crippen LogP contribution >= 0.6 is 0 Å². The second-order valence-electron chi connectivity index (χ2n) is 4.62. The SMILES string of the molecule is [NH]C(=O)N1CCN(C2CCCCC2)CC1. The fourth-order valence-electron chi connectivity index (χ4n) is 2.74. The summed E-state index contributed by atoms with van der Waals surface area (Å²) >= 11 is 0. The van der Waals surface area contributed by atoms with Crippen molar-refractivity contribution in [3.63, 3.8) is 0 Å². The maximum Gasteiger partial charge on any atom is 0.336 e. The van der Waals surface area contributed by atoms with E-state index >= 15 is 0 Å². The number of piperazine rings is 1. The summed E-state index contributed by atoms with van der Waals surface area (Å²) in [6.45, 7) is 3.43. The molecule has 1 radical (unpaired) electrons. The predicted octanol–water partition coefficient (Wildman–Crippen LogP) is 1.34. The van der Waals surface area contributed by atoms with Crippen LogP contribution in [-0.4, -0.2) is 48.1 Å². The second kappa shape index (κ2) is 4.84. The molecule has 1 aliphatic heterocycles. The van der Waals surface area contributed by atoms with Crippen LogP contribution in [0.3, 0.4) is 0 Å². The van der Waals surface area contributed by atoms with Gasteiger partial charge in [-0.2, -0.15) is 0 Å². The zero-order chi connectivity index (χ0) is 10.7. The summed E-state index contributed by atoms with van der Waals surface area (Å²) in [4.78, 5) is 15.0. The van der Waals surface area contributed by atoms with Crippen molar-refractivity contribution in [3.05, 3.63) is 0 Å². The quantitative estimate of drug-likeness (QED) is 0.655. The molecule has 1 N–H and O–H groups in total. The van der Waals surface area contributed by atoms with E-state index in [-0.39, 0.29) is 0 Å². The molecule has 2 rings (SSSR count). The standard InChI is InChI=1S/C11H20N3O/c12-11(15)14-8-6-13(7-9-14)10-4-2-1-3-5-10/h10,12H,1-9H2. The fourth-order valence-corrected chi connectivity index (χ4v) is 2.74. The van der Waals surface area contributed by atoms with Gasteiger partial charge in [-0.25, -0.2) is 10.5 Å². The number of rotatable bonds is 1. The van der Waals surface area contributed by atoms with Crippen LogP contribution in [-0.2, 0) is 0 Å². The van der Waals surface area contributed by atoms with Crippen molar-refractivity contribution in [2.75, 3.05) is 26.2 Å². The Morgan fingerprint density at radius 1 is 1.00 bits per heavy atom. The van der Waals surface area contributed by atoms with Crippen molar-refractivity contribution >= 4 is 6.03 Å². The molecule has 2 amide bonds. The van der Waals surface area contributed by atoms with Gasteiger partial charge in [0.25, 0.3) is 0 Å². The first-order valence-corrected chi connectivity index (χ1v) is 6.02. The third-order valence-electron chi connectivity index (χ3n) is 3.69. The van der Waals surface area contributed by atoms with Gasteiger partial charge in [-0.3, -0.25) is 4.90 Å². The van der Waals surface area contributed by atoms with E-state index in [9.17, 15) is 4.79 Å². The van der Waals surface area contributed by atoms with Gasteiger partial charge in [-0.15, -0.1) is 0 Å². The van der Waals surface area contributed by atoms with Crippen LogP contribution in [0.25, 0.3) is 0 Å². The van der Waals surface area contributed by atoms with Crippen LogP contribution < -0.4 is 5.73 Å². The molecular weight excluding hydrogens is 190 g/mol. The average molecular weight is 210 g/mol. The van der Waals surface area contributed by atoms with Crippen molar-refractivity contribution in [2.45, 2.75) is 38.1 Å². The molecule has 85 valence electrons. The maximum absolute atomic E-state index is 10.9. The summed E-state index contributed by atoms with van der Waals surface area (Å²) in [5.41, 5.74) is 7.05. The Kier molecular flexibility index (Phi) is 3.46. The molecule has 15 heavy (non-hydrogen) atoms. The average Bonchev–Trinajstić information content (AvgIpc) is 2.30. The van der Waals surface area contributed by atoms with Crippen molar-refractivity contribution in [2.24, 2.45) is 0 Å². The topological polar surface area (TPSA) is 47.4 Å². The van der Waals surface area contributed by atoms with Crippen molar-refractivity contribution in [1.29, 1.82) is 0 Å². The maximum atomic E-state index is 10.9. The molecular formula is C11H20N3O. The number of nitrogens with one attached hydrogen (secondary N) is 1. The lowest BCUT2D eigenvalue weighted by molar-refractivity contribution is 0.0927. The van der Waals surface area contributed by atoms with E-state index < -0.39 is 6.03 Å². The van der Waals surface area contributed by atoms with Gasteiger partial charge in [-0.05, 0) is 12.8 Å². The molecule has 4 heteroatoms. The largest absolute Gasteiger partial charge is 0.336 e. The van der Waals surface area contributed by atoms with Gasteiger partial charge in [0.05, 0.1) is 0 Å². The van der Waals surface area contributed by atoms with Gasteiger partial charge in [-0.1, -0.05) is 19.3 Å². The van der Waals surface area contributed by atoms with E-state index in [0.29, 0.717) is 0 Å². The summed E-state index contributed by atoms with van der Waals surface area (Å²) < 4.78 is 0.